The molecule has 0 radical (unpaired) electrons. The summed E-state index contributed by atoms with van der Waals surface area (Å²) in [6.45, 7) is 2.73. The molecule has 1 atom stereocenters. The lowest BCUT2D eigenvalue weighted by atomic mass is 10.3. The van der Waals surface area contributed by atoms with Crippen LogP contribution in [0.2, 0.25) is 0 Å². The Labute approximate surface area is 87.5 Å². The third-order valence-electron chi connectivity index (χ3n) is 2.30. The number of hydrogen-bond acceptors (Lipinski definition) is 3. The molecular formula is C10H13NO2S. The predicted molar refractivity (Wildman–Crippen MR) is 55.9 cm³/mol. The predicted octanol–water partition coefficient (Wildman–Crippen LogP) is 2.26. The standard InChI is InChI=1S/C10H13NO2S/c1-2-9(12)11-5-7-14-10(11)8-4-3-6-13-8/h3-4,6,10H,2,5,7H2,1H3/t10-/m0/s1. The number of rotatable bonds is 2. The Bertz CT molecular complexity index is 310. The van der Waals surface area contributed by atoms with E-state index in [1.807, 2.05) is 24.0 Å². The van der Waals surface area contributed by atoms with Gasteiger partial charge in [0.2, 0.25) is 5.91 Å². The Balaban J connectivity index is 2.15. The fourth-order valence-corrected chi connectivity index (χ4v) is 2.82. The van der Waals surface area contributed by atoms with Gasteiger partial charge >= 0.3 is 0 Å². The highest BCUT2D eigenvalue weighted by Crippen LogP contribution is 2.38. The SMILES string of the molecule is CCC(=O)N1CCS[C@H]1c1ccco1. The number of furan rings is 1. The van der Waals surface area contributed by atoms with E-state index >= 15 is 0 Å². The molecule has 1 aliphatic rings. The van der Waals surface area contributed by atoms with E-state index in [1.165, 1.54) is 0 Å². The number of carbonyl (C=O) groups is 1. The van der Waals surface area contributed by atoms with Crippen LogP contribution in [0, 0.1) is 0 Å². The van der Waals surface area contributed by atoms with Crippen LogP contribution < -0.4 is 0 Å². The van der Waals surface area contributed by atoms with Crippen LogP contribution in [0.1, 0.15) is 24.5 Å². The summed E-state index contributed by atoms with van der Waals surface area (Å²) in [6.07, 6.45) is 2.22. The summed E-state index contributed by atoms with van der Waals surface area (Å²) in [6, 6.07) is 3.79. The third-order valence-corrected chi connectivity index (χ3v) is 3.52. The lowest BCUT2D eigenvalue weighted by Gasteiger charge is -2.21. The summed E-state index contributed by atoms with van der Waals surface area (Å²) in [4.78, 5) is 13.5. The van der Waals surface area contributed by atoms with Crippen LogP contribution in [0.15, 0.2) is 22.8 Å². The Hall–Kier alpha value is -0.900. The molecule has 14 heavy (non-hydrogen) atoms. The first-order valence-corrected chi connectivity index (χ1v) is 5.82. The summed E-state index contributed by atoms with van der Waals surface area (Å²) in [5, 5.41) is 0.0949. The van der Waals surface area contributed by atoms with E-state index in [9.17, 15) is 4.79 Å². The molecule has 1 aliphatic heterocycles. The minimum atomic E-state index is 0.0949. The van der Waals surface area contributed by atoms with Crippen LogP contribution in [0.5, 0.6) is 0 Å². The van der Waals surface area contributed by atoms with Gasteiger partial charge in [-0.05, 0) is 12.1 Å². The molecule has 76 valence electrons. The Morgan fingerprint density at radius 1 is 1.79 bits per heavy atom. The van der Waals surface area contributed by atoms with Crippen LogP contribution in [0.4, 0.5) is 0 Å². The number of carbonyl (C=O) groups excluding carboxylic acids is 1. The van der Waals surface area contributed by atoms with Crippen LogP contribution in [0.3, 0.4) is 0 Å². The molecule has 0 N–H and O–H groups in total. The highest BCUT2D eigenvalue weighted by molar-refractivity contribution is 7.99. The summed E-state index contributed by atoms with van der Waals surface area (Å²) < 4.78 is 5.33. The Kier molecular flexibility index (Phi) is 2.82. The van der Waals surface area contributed by atoms with Gasteiger partial charge in [-0.3, -0.25) is 4.79 Å². The molecule has 4 heteroatoms. The minimum Gasteiger partial charge on any atom is -0.466 e. The maximum atomic E-state index is 11.6. The van der Waals surface area contributed by atoms with Crippen molar-refractivity contribution in [3.8, 4) is 0 Å². The maximum Gasteiger partial charge on any atom is 0.223 e. The molecule has 0 aliphatic carbocycles. The number of nitrogens with zero attached hydrogens (tertiary/aromatic N) is 1. The van der Waals surface area contributed by atoms with Crippen LogP contribution >= 0.6 is 11.8 Å². The van der Waals surface area contributed by atoms with Crippen molar-refractivity contribution in [2.75, 3.05) is 12.3 Å². The number of amides is 1. The molecule has 2 heterocycles. The van der Waals surface area contributed by atoms with Crippen LogP contribution in [-0.4, -0.2) is 23.1 Å². The van der Waals surface area contributed by atoms with Crippen molar-refractivity contribution in [2.45, 2.75) is 18.7 Å². The largest absolute Gasteiger partial charge is 0.466 e. The zero-order valence-corrected chi connectivity index (χ0v) is 8.92. The van der Waals surface area contributed by atoms with Gasteiger partial charge in [-0.2, -0.15) is 0 Å². The highest BCUT2D eigenvalue weighted by Gasteiger charge is 2.31. The van der Waals surface area contributed by atoms with E-state index < -0.39 is 0 Å². The van der Waals surface area contributed by atoms with Gasteiger partial charge in [0.15, 0.2) is 0 Å². The average molecular weight is 211 g/mol. The van der Waals surface area contributed by atoms with E-state index in [0.717, 1.165) is 18.1 Å². The molecule has 3 nitrogen and oxygen atoms in total. The summed E-state index contributed by atoms with van der Waals surface area (Å²) in [5.74, 6) is 2.09. The van der Waals surface area contributed by atoms with Gasteiger partial charge in [0.1, 0.15) is 11.1 Å². The summed E-state index contributed by atoms with van der Waals surface area (Å²) in [7, 11) is 0. The van der Waals surface area contributed by atoms with Crippen molar-refractivity contribution in [1.29, 1.82) is 0 Å². The van der Waals surface area contributed by atoms with Gasteiger partial charge in [-0.25, -0.2) is 0 Å². The molecular weight excluding hydrogens is 198 g/mol. The van der Waals surface area contributed by atoms with E-state index in [2.05, 4.69) is 0 Å². The zero-order valence-electron chi connectivity index (χ0n) is 8.10. The molecule has 1 aromatic heterocycles. The molecule has 0 bridgehead atoms. The summed E-state index contributed by atoms with van der Waals surface area (Å²) >= 11 is 1.76. The van der Waals surface area contributed by atoms with Crippen molar-refractivity contribution >= 4 is 17.7 Å². The second-order valence-electron chi connectivity index (χ2n) is 3.18. The molecule has 1 aromatic rings. The topological polar surface area (TPSA) is 33.5 Å². The first-order valence-electron chi connectivity index (χ1n) is 4.77. The van der Waals surface area contributed by atoms with Crippen molar-refractivity contribution in [2.24, 2.45) is 0 Å². The molecule has 0 spiro atoms. The second kappa shape index (κ2) is 4.09. The van der Waals surface area contributed by atoms with E-state index in [-0.39, 0.29) is 11.3 Å². The lowest BCUT2D eigenvalue weighted by molar-refractivity contribution is -0.131. The van der Waals surface area contributed by atoms with Crippen molar-refractivity contribution in [3.63, 3.8) is 0 Å². The lowest BCUT2D eigenvalue weighted by Crippen LogP contribution is -2.29. The summed E-state index contributed by atoms with van der Waals surface area (Å²) in [5.41, 5.74) is 0. The van der Waals surface area contributed by atoms with Crippen LogP contribution in [0.25, 0.3) is 0 Å². The monoisotopic (exact) mass is 211 g/mol. The molecule has 0 aromatic carbocycles. The fraction of sp³-hybridized carbons (Fsp3) is 0.500. The van der Waals surface area contributed by atoms with Crippen molar-refractivity contribution in [3.05, 3.63) is 24.2 Å². The zero-order chi connectivity index (χ0) is 9.97. The second-order valence-corrected chi connectivity index (χ2v) is 4.37. The van der Waals surface area contributed by atoms with Crippen LogP contribution in [-0.2, 0) is 4.79 Å². The van der Waals surface area contributed by atoms with E-state index in [1.54, 1.807) is 18.0 Å². The van der Waals surface area contributed by atoms with Gasteiger partial charge < -0.3 is 9.32 Å². The molecule has 2 rings (SSSR count). The Morgan fingerprint density at radius 2 is 2.64 bits per heavy atom. The highest BCUT2D eigenvalue weighted by atomic mass is 32.2. The smallest absolute Gasteiger partial charge is 0.223 e. The molecule has 0 unspecified atom stereocenters. The molecule has 0 saturated carbocycles. The van der Waals surface area contributed by atoms with Crippen molar-refractivity contribution in [1.82, 2.24) is 4.90 Å². The van der Waals surface area contributed by atoms with Gasteiger partial charge in [-0.15, -0.1) is 11.8 Å². The molecule has 1 fully saturated rings. The first kappa shape index (κ1) is 9.65. The minimum absolute atomic E-state index is 0.0949. The molecule has 1 saturated heterocycles. The number of hydrogen-bond donors (Lipinski definition) is 0. The van der Waals surface area contributed by atoms with Gasteiger partial charge in [0, 0.05) is 18.7 Å². The van der Waals surface area contributed by atoms with E-state index in [4.69, 9.17) is 4.42 Å². The van der Waals surface area contributed by atoms with Gasteiger partial charge in [0.25, 0.3) is 0 Å². The average Bonchev–Trinajstić information content (AvgIpc) is 2.85. The first-order chi connectivity index (χ1) is 6.83. The van der Waals surface area contributed by atoms with Gasteiger partial charge in [0.05, 0.1) is 6.26 Å². The Morgan fingerprint density at radius 3 is 3.29 bits per heavy atom. The molecule has 1 amide bonds. The third kappa shape index (κ3) is 1.66. The quantitative estimate of drug-likeness (QED) is 0.752. The van der Waals surface area contributed by atoms with E-state index in [0.29, 0.717) is 6.42 Å². The fourth-order valence-electron chi connectivity index (χ4n) is 1.60. The van der Waals surface area contributed by atoms with Gasteiger partial charge in [-0.1, -0.05) is 6.92 Å². The number of thioether (sulfide) groups is 1. The normalized spacial score (nSPS) is 21.5. The van der Waals surface area contributed by atoms with Crippen molar-refractivity contribution < 1.29 is 9.21 Å². The maximum absolute atomic E-state index is 11.6.